The first-order chi connectivity index (χ1) is 6.68. The van der Waals surface area contributed by atoms with E-state index in [1.54, 1.807) is 0 Å². The second kappa shape index (κ2) is 3.53. The number of amides is 4. The van der Waals surface area contributed by atoms with Crippen LogP contribution in [0.4, 0.5) is 4.79 Å². The smallest absolute Gasteiger partial charge is 0.273 e. The van der Waals surface area contributed by atoms with Crippen LogP contribution in [0, 0.1) is 0 Å². The molecule has 76 valence electrons. The minimum absolute atomic E-state index is 0.248. The normalized spacial score (nSPS) is 23.7. The molecule has 0 aromatic carbocycles. The van der Waals surface area contributed by atoms with E-state index < -0.39 is 17.8 Å². The second-order valence-corrected chi connectivity index (χ2v) is 5.38. The van der Waals surface area contributed by atoms with Crippen LogP contribution < -0.4 is 10.6 Å². The molecule has 0 bridgehead atoms. The fourth-order valence-electron chi connectivity index (χ4n) is 1.58. The molecule has 0 unspecified atom stereocenters. The summed E-state index contributed by atoms with van der Waals surface area (Å²) >= 11 is 0. The first-order valence-corrected chi connectivity index (χ1v) is 5.96. The van der Waals surface area contributed by atoms with Gasteiger partial charge in [0.2, 0.25) is 0 Å². The molecule has 0 aromatic heterocycles. The molecule has 0 spiro atoms. The molecule has 2 aliphatic heterocycles. The maximum Gasteiger partial charge on any atom is 0.328 e. The van der Waals surface area contributed by atoms with E-state index in [-0.39, 0.29) is 15.3 Å². The highest BCUT2D eigenvalue weighted by atomic mass is 32.2. The fourth-order valence-corrected chi connectivity index (χ4v) is 3.92. The average molecular weight is 214 g/mol. The van der Waals surface area contributed by atoms with Crippen LogP contribution in [0.5, 0.6) is 0 Å². The number of carbonyl (C=O) groups excluding carboxylic acids is 3. The summed E-state index contributed by atoms with van der Waals surface area (Å²) in [6.45, 7) is 0. The molecule has 2 N–H and O–H groups in total. The van der Waals surface area contributed by atoms with E-state index in [1.165, 1.54) is 0 Å². The maximum absolute atomic E-state index is 11.4. The van der Waals surface area contributed by atoms with Crippen molar-refractivity contribution in [1.29, 1.82) is 0 Å². The van der Waals surface area contributed by atoms with Gasteiger partial charge in [-0.05, 0) is 24.3 Å². The lowest BCUT2D eigenvalue weighted by Gasteiger charge is -2.16. The summed E-state index contributed by atoms with van der Waals surface area (Å²) in [7, 11) is -0.248. The summed E-state index contributed by atoms with van der Waals surface area (Å²) in [6.07, 6.45) is 2.11. The van der Waals surface area contributed by atoms with E-state index in [1.807, 2.05) is 0 Å². The Morgan fingerprint density at radius 1 is 0.929 bits per heavy atom. The van der Waals surface area contributed by atoms with Crippen molar-refractivity contribution in [2.75, 3.05) is 11.5 Å². The van der Waals surface area contributed by atoms with Gasteiger partial charge < -0.3 is 0 Å². The zero-order chi connectivity index (χ0) is 10.1. The van der Waals surface area contributed by atoms with Crippen LogP contribution in [0.1, 0.15) is 12.8 Å². The number of rotatable bonds is 0. The van der Waals surface area contributed by atoms with E-state index in [4.69, 9.17) is 0 Å². The largest absolute Gasteiger partial charge is 0.328 e. The van der Waals surface area contributed by atoms with Crippen molar-refractivity contribution in [3.63, 3.8) is 0 Å². The molecule has 6 heteroatoms. The molecule has 4 amide bonds. The second-order valence-electron chi connectivity index (χ2n) is 3.17. The van der Waals surface area contributed by atoms with Gasteiger partial charge >= 0.3 is 6.03 Å². The average Bonchev–Trinajstić information content (AvgIpc) is 2.54. The SMILES string of the molecule is O=C1NC(=O)C(=S2CCCC2)C(=O)N1. The highest BCUT2D eigenvalue weighted by molar-refractivity contribution is 8.18. The highest BCUT2D eigenvalue weighted by Crippen LogP contribution is 2.27. The molecule has 2 rings (SSSR count). The Hall–Kier alpha value is -1.17. The lowest BCUT2D eigenvalue weighted by atomic mass is 10.3. The third kappa shape index (κ3) is 1.57. The minimum Gasteiger partial charge on any atom is -0.273 e. The molecule has 0 atom stereocenters. The van der Waals surface area contributed by atoms with E-state index in [0.717, 1.165) is 24.3 Å². The number of carbonyl (C=O) groups is 3. The lowest BCUT2D eigenvalue weighted by molar-refractivity contribution is -0.118. The van der Waals surface area contributed by atoms with Gasteiger partial charge in [-0.15, -0.1) is 0 Å². The highest BCUT2D eigenvalue weighted by Gasteiger charge is 2.31. The third-order valence-electron chi connectivity index (χ3n) is 2.19. The number of barbiturate groups is 1. The van der Waals surface area contributed by atoms with Crippen LogP contribution >= 0.6 is 10.5 Å². The Morgan fingerprint density at radius 3 is 1.93 bits per heavy atom. The Morgan fingerprint density at radius 2 is 1.43 bits per heavy atom. The lowest BCUT2D eigenvalue weighted by Crippen LogP contribution is -2.56. The number of hydrogen-bond acceptors (Lipinski definition) is 3. The Bertz CT molecular complexity index is 332. The number of hydrogen-bond donors (Lipinski definition) is 2. The predicted octanol–water partition coefficient (Wildman–Crippen LogP) is -0.413. The van der Waals surface area contributed by atoms with Crippen LogP contribution in [0.2, 0.25) is 0 Å². The first kappa shape index (κ1) is 9.39. The van der Waals surface area contributed by atoms with Gasteiger partial charge in [-0.1, -0.05) is 0 Å². The van der Waals surface area contributed by atoms with Gasteiger partial charge in [0.25, 0.3) is 11.8 Å². The maximum atomic E-state index is 11.4. The summed E-state index contributed by atoms with van der Waals surface area (Å²) in [5.74, 6) is 0.766. The van der Waals surface area contributed by atoms with Gasteiger partial charge in [-0.2, -0.15) is 10.5 Å². The van der Waals surface area contributed by atoms with Gasteiger partial charge in [-0.3, -0.25) is 20.2 Å². The van der Waals surface area contributed by atoms with E-state index >= 15 is 0 Å². The Balaban J connectivity index is 2.33. The van der Waals surface area contributed by atoms with E-state index in [9.17, 15) is 14.4 Å². The van der Waals surface area contributed by atoms with Crippen molar-refractivity contribution >= 4 is 33.2 Å². The molecule has 0 aliphatic carbocycles. The van der Waals surface area contributed by atoms with Crippen molar-refractivity contribution in [1.82, 2.24) is 10.6 Å². The fraction of sp³-hybridized carbons (Fsp3) is 0.500. The van der Waals surface area contributed by atoms with Crippen LogP contribution in [-0.4, -0.2) is 34.2 Å². The molecular weight excluding hydrogens is 204 g/mol. The monoisotopic (exact) mass is 214 g/mol. The summed E-state index contributed by atoms with van der Waals surface area (Å²) in [5.41, 5.74) is 0. The first-order valence-electron chi connectivity index (χ1n) is 4.39. The zero-order valence-electron chi connectivity index (χ0n) is 7.46. The number of urea groups is 1. The summed E-state index contributed by atoms with van der Waals surface area (Å²) in [6, 6.07) is -0.716. The van der Waals surface area contributed by atoms with Gasteiger partial charge in [0.05, 0.1) is 0 Å². The number of nitrogens with one attached hydrogen (secondary N) is 2. The molecule has 2 aliphatic rings. The molecule has 2 fully saturated rings. The molecule has 5 nitrogen and oxygen atoms in total. The standard InChI is InChI=1S/C8H10N2O3S/c11-6-5(14-3-1-2-4-14)7(12)10-8(13)9-6/h1-4H2,(H2,9,10,11,12,13). The molecule has 0 aromatic rings. The Kier molecular flexibility index (Phi) is 2.37. The van der Waals surface area contributed by atoms with Crippen molar-refractivity contribution in [2.45, 2.75) is 12.8 Å². The van der Waals surface area contributed by atoms with Gasteiger partial charge in [0, 0.05) is 0 Å². The summed E-state index contributed by atoms with van der Waals surface area (Å²) < 4.78 is 0. The van der Waals surface area contributed by atoms with Crippen LogP contribution in [-0.2, 0) is 9.59 Å². The Labute approximate surface area is 83.2 Å². The third-order valence-corrected chi connectivity index (χ3v) is 4.70. The van der Waals surface area contributed by atoms with Crippen LogP contribution in [0.25, 0.3) is 0 Å². The van der Waals surface area contributed by atoms with Crippen molar-refractivity contribution in [2.24, 2.45) is 0 Å². The molecule has 14 heavy (non-hydrogen) atoms. The van der Waals surface area contributed by atoms with Crippen molar-refractivity contribution in [3.05, 3.63) is 0 Å². The molecule has 0 radical (unpaired) electrons. The van der Waals surface area contributed by atoms with Gasteiger partial charge in [0.1, 0.15) is 4.86 Å². The predicted molar refractivity (Wildman–Crippen MR) is 53.2 cm³/mol. The minimum atomic E-state index is -0.716. The molecule has 0 saturated carbocycles. The van der Waals surface area contributed by atoms with Crippen LogP contribution in [0.3, 0.4) is 0 Å². The van der Waals surface area contributed by atoms with Gasteiger partial charge in [0.15, 0.2) is 0 Å². The summed E-state index contributed by atoms with van der Waals surface area (Å²) in [4.78, 5) is 33.8. The summed E-state index contributed by atoms with van der Waals surface area (Å²) in [5, 5.41) is 4.19. The molecule has 2 heterocycles. The number of imide groups is 2. The zero-order valence-corrected chi connectivity index (χ0v) is 8.28. The van der Waals surface area contributed by atoms with Crippen LogP contribution in [0.15, 0.2) is 0 Å². The van der Waals surface area contributed by atoms with E-state index in [0.29, 0.717) is 0 Å². The quantitative estimate of drug-likeness (QED) is 0.538. The molecule has 2 saturated heterocycles. The van der Waals surface area contributed by atoms with Crippen molar-refractivity contribution < 1.29 is 14.4 Å². The van der Waals surface area contributed by atoms with E-state index in [2.05, 4.69) is 10.6 Å². The van der Waals surface area contributed by atoms with Gasteiger partial charge in [-0.25, -0.2) is 4.79 Å². The van der Waals surface area contributed by atoms with Crippen molar-refractivity contribution in [3.8, 4) is 0 Å². The molecular formula is C8H10N2O3S. The topological polar surface area (TPSA) is 75.3 Å².